The number of nitrogens with zero attached hydrogens (tertiary/aromatic N) is 2. The number of hydrogen-bond donors (Lipinski definition) is 2. The average molecular weight is 224 g/mol. The van der Waals surface area contributed by atoms with E-state index < -0.39 is 6.10 Å². The lowest BCUT2D eigenvalue weighted by molar-refractivity contribution is 0.199. The molecule has 0 saturated carbocycles. The highest BCUT2D eigenvalue weighted by atomic mass is 16.3. The number of aliphatic hydroxyl groups excluding tert-OH is 2. The smallest absolute Gasteiger partial charge is 0.134 e. The molecule has 0 bridgehead atoms. The van der Waals surface area contributed by atoms with Gasteiger partial charge in [-0.15, -0.1) is 0 Å². The molecule has 1 aromatic heterocycles. The van der Waals surface area contributed by atoms with Crippen LogP contribution < -0.4 is 4.90 Å². The summed E-state index contributed by atoms with van der Waals surface area (Å²) in [5, 5.41) is 18.7. The molecule has 0 radical (unpaired) electrons. The fraction of sp³-hybridized carbons (Fsp3) is 0.583. The third kappa shape index (κ3) is 3.18. The van der Waals surface area contributed by atoms with Gasteiger partial charge in [-0.1, -0.05) is 13.0 Å². The van der Waals surface area contributed by atoms with E-state index in [0.29, 0.717) is 6.54 Å². The predicted molar refractivity (Wildman–Crippen MR) is 64.5 cm³/mol. The van der Waals surface area contributed by atoms with Crippen LogP contribution in [0.4, 0.5) is 5.82 Å². The van der Waals surface area contributed by atoms with Gasteiger partial charge in [0.15, 0.2) is 0 Å². The summed E-state index contributed by atoms with van der Waals surface area (Å²) in [4.78, 5) is 6.29. The quantitative estimate of drug-likeness (QED) is 0.765. The molecule has 2 N–H and O–H groups in total. The molecule has 90 valence electrons. The lowest BCUT2D eigenvalue weighted by Crippen LogP contribution is -2.29. The van der Waals surface area contributed by atoms with Gasteiger partial charge in [0, 0.05) is 24.8 Å². The largest absolute Gasteiger partial charge is 0.395 e. The maximum absolute atomic E-state index is 9.66. The third-order valence-corrected chi connectivity index (χ3v) is 2.43. The number of pyridine rings is 1. The van der Waals surface area contributed by atoms with Crippen molar-refractivity contribution in [3.8, 4) is 0 Å². The normalized spacial score (nSPS) is 12.5. The first-order valence-electron chi connectivity index (χ1n) is 5.69. The molecule has 0 saturated heterocycles. The number of aliphatic hydroxyl groups is 2. The van der Waals surface area contributed by atoms with E-state index in [1.54, 1.807) is 13.1 Å². The Hall–Kier alpha value is -1.13. The van der Waals surface area contributed by atoms with Gasteiger partial charge in [0.05, 0.1) is 12.7 Å². The average Bonchev–Trinajstić information content (AvgIpc) is 2.29. The molecule has 1 heterocycles. The fourth-order valence-corrected chi connectivity index (χ4v) is 1.71. The molecule has 0 aliphatic heterocycles. The Labute approximate surface area is 96.6 Å². The van der Waals surface area contributed by atoms with Crippen molar-refractivity contribution >= 4 is 5.82 Å². The minimum absolute atomic E-state index is 0.0931. The molecule has 0 fully saturated rings. The van der Waals surface area contributed by atoms with Crippen LogP contribution in [-0.2, 0) is 0 Å². The highest BCUT2D eigenvalue weighted by molar-refractivity contribution is 5.47. The third-order valence-electron chi connectivity index (χ3n) is 2.43. The van der Waals surface area contributed by atoms with Gasteiger partial charge in [-0.25, -0.2) is 4.98 Å². The maximum atomic E-state index is 9.66. The van der Waals surface area contributed by atoms with Gasteiger partial charge in [-0.3, -0.25) is 0 Å². The van der Waals surface area contributed by atoms with Gasteiger partial charge in [0.1, 0.15) is 5.82 Å². The molecule has 4 nitrogen and oxygen atoms in total. The zero-order valence-electron chi connectivity index (χ0n) is 9.93. The summed E-state index contributed by atoms with van der Waals surface area (Å²) in [7, 11) is 0. The summed E-state index contributed by atoms with van der Waals surface area (Å²) >= 11 is 0. The first-order valence-corrected chi connectivity index (χ1v) is 5.69. The van der Waals surface area contributed by atoms with Gasteiger partial charge in [-0.05, 0) is 19.4 Å². The molecule has 16 heavy (non-hydrogen) atoms. The summed E-state index contributed by atoms with van der Waals surface area (Å²) < 4.78 is 0. The number of rotatable bonds is 6. The van der Waals surface area contributed by atoms with Crippen LogP contribution in [0, 0.1) is 0 Å². The van der Waals surface area contributed by atoms with Crippen LogP contribution >= 0.6 is 0 Å². The number of aromatic nitrogens is 1. The van der Waals surface area contributed by atoms with Crippen LogP contribution in [0.3, 0.4) is 0 Å². The van der Waals surface area contributed by atoms with Crippen LogP contribution in [0.5, 0.6) is 0 Å². The van der Waals surface area contributed by atoms with Crippen molar-refractivity contribution in [1.82, 2.24) is 4.98 Å². The van der Waals surface area contributed by atoms with Crippen molar-refractivity contribution in [3.05, 3.63) is 23.9 Å². The van der Waals surface area contributed by atoms with Gasteiger partial charge in [0.2, 0.25) is 0 Å². The predicted octanol–water partition coefficient (Wildman–Crippen LogP) is 1.34. The summed E-state index contributed by atoms with van der Waals surface area (Å²) in [6.45, 7) is 5.27. The van der Waals surface area contributed by atoms with Crippen molar-refractivity contribution in [2.24, 2.45) is 0 Å². The minimum atomic E-state index is -0.540. The van der Waals surface area contributed by atoms with E-state index in [4.69, 9.17) is 5.11 Å². The van der Waals surface area contributed by atoms with E-state index in [-0.39, 0.29) is 6.61 Å². The minimum Gasteiger partial charge on any atom is -0.395 e. The Bertz CT molecular complexity index is 310. The van der Waals surface area contributed by atoms with Crippen LogP contribution in [0.1, 0.15) is 31.9 Å². The molecule has 0 aliphatic rings. The van der Waals surface area contributed by atoms with E-state index in [2.05, 4.69) is 11.9 Å². The van der Waals surface area contributed by atoms with Gasteiger partial charge < -0.3 is 15.1 Å². The van der Waals surface area contributed by atoms with Crippen molar-refractivity contribution in [2.45, 2.75) is 26.4 Å². The molecule has 0 aromatic carbocycles. The Balaban J connectivity index is 2.97. The van der Waals surface area contributed by atoms with Crippen molar-refractivity contribution in [1.29, 1.82) is 0 Å². The van der Waals surface area contributed by atoms with E-state index in [0.717, 1.165) is 24.3 Å². The highest BCUT2D eigenvalue weighted by Gasteiger charge is 2.14. The van der Waals surface area contributed by atoms with Gasteiger partial charge in [-0.2, -0.15) is 0 Å². The van der Waals surface area contributed by atoms with Gasteiger partial charge in [0.25, 0.3) is 0 Å². The molecule has 0 amide bonds. The molecule has 0 aliphatic carbocycles. The van der Waals surface area contributed by atoms with Gasteiger partial charge >= 0.3 is 0 Å². The Kier molecular flexibility index (Phi) is 5.22. The standard InChI is InChI=1S/C12H20N2O2/c1-3-7-14(8-9-15)12-11(10(2)16)5-4-6-13-12/h4-6,10,15-16H,3,7-9H2,1-2H3. The second-order valence-electron chi connectivity index (χ2n) is 3.80. The van der Waals surface area contributed by atoms with Crippen molar-refractivity contribution < 1.29 is 10.2 Å². The molecule has 1 unspecified atom stereocenters. The molecule has 4 heteroatoms. The van der Waals surface area contributed by atoms with Crippen LogP contribution in [-0.4, -0.2) is 34.9 Å². The molecule has 1 aromatic rings. The molecular weight excluding hydrogens is 204 g/mol. The first-order chi connectivity index (χ1) is 7.70. The number of hydrogen-bond acceptors (Lipinski definition) is 4. The van der Waals surface area contributed by atoms with E-state index in [1.807, 2.05) is 17.0 Å². The summed E-state index contributed by atoms with van der Waals surface area (Å²) in [6, 6.07) is 3.68. The van der Waals surface area contributed by atoms with E-state index in [1.165, 1.54) is 0 Å². The van der Waals surface area contributed by atoms with Crippen molar-refractivity contribution in [2.75, 3.05) is 24.6 Å². The Morgan fingerprint density at radius 2 is 2.19 bits per heavy atom. The molecular formula is C12H20N2O2. The van der Waals surface area contributed by atoms with Crippen LogP contribution in [0.25, 0.3) is 0 Å². The SMILES string of the molecule is CCCN(CCO)c1ncccc1C(C)O. The zero-order valence-corrected chi connectivity index (χ0v) is 9.93. The topological polar surface area (TPSA) is 56.6 Å². The second kappa shape index (κ2) is 6.45. The summed E-state index contributed by atoms with van der Waals surface area (Å²) in [6.07, 6.45) is 2.15. The van der Waals surface area contributed by atoms with E-state index in [9.17, 15) is 5.11 Å². The number of anilines is 1. The van der Waals surface area contributed by atoms with Crippen molar-refractivity contribution in [3.63, 3.8) is 0 Å². The summed E-state index contributed by atoms with van der Waals surface area (Å²) in [5.41, 5.74) is 0.810. The lowest BCUT2D eigenvalue weighted by Gasteiger charge is -2.25. The monoisotopic (exact) mass is 224 g/mol. The van der Waals surface area contributed by atoms with E-state index >= 15 is 0 Å². The molecule has 0 spiro atoms. The first kappa shape index (κ1) is 12.9. The maximum Gasteiger partial charge on any atom is 0.134 e. The molecule has 1 atom stereocenters. The summed E-state index contributed by atoms with van der Waals surface area (Å²) in [5.74, 6) is 0.772. The zero-order chi connectivity index (χ0) is 12.0. The van der Waals surface area contributed by atoms with Crippen LogP contribution in [0.15, 0.2) is 18.3 Å². The van der Waals surface area contributed by atoms with Crippen LogP contribution in [0.2, 0.25) is 0 Å². The fourth-order valence-electron chi connectivity index (χ4n) is 1.71. The second-order valence-corrected chi connectivity index (χ2v) is 3.80. The Morgan fingerprint density at radius 1 is 1.44 bits per heavy atom. The lowest BCUT2D eigenvalue weighted by atomic mass is 10.1. The Morgan fingerprint density at radius 3 is 2.75 bits per heavy atom. The highest BCUT2D eigenvalue weighted by Crippen LogP contribution is 2.23. The molecule has 1 rings (SSSR count).